The molecule has 0 aromatic carbocycles. The van der Waals surface area contributed by atoms with Gasteiger partial charge in [-0.15, -0.1) is 0 Å². The average Bonchev–Trinajstić information content (AvgIpc) is 2.39. The van der Waals surface area contributed by atoms with Crippen LogP contribution in [0.3, 0.4) is 0 Å². The molecule has 1 aliphatic carbocycles. The number of thiol groups is 1. The quantitative estimate of drug-likeness (QED) is 0.402. The molecule has 0 aromatic heterocycles. The number of aldehydes is 2. The van der Waals surface area contributed by atoms with Crippen molar-refractivity contribution in [2.75, 3.05) is 5.75 Å². The average molecular weight is 298 g/mol. The van der Waals surface area contributed by atoms with Crippen LogP contribution in [0.1, 0.15) is 13.3 Å². The molecule has 0 aliphatic heterocycles. The molecule has 1 saturated carbocycles. The SMILES string of the molecule is CC(CS)CC(=O)C1C(=O)C(C=O)C(=O)C(C=O)C1=O. The lowest BCUT2D eigenvalue weighted by atomic mass is 9.71. The van der Waals surface area contributed by atoms with Gasteiger partial charge in [-0.05, 0) is 11.7 Å². The fourth-order valence-electron chi connectivity index (χ4n) is 2.08. The highest BCUT2D eigenvalue weighted by molar-refractivity contribution is 7.80. The third kappa shape index (κ3) is 2.92. The maximum Gasteiger partial charge on any atom is 0.168 e. The second-order valence-corrected chi connectivity index (χ2v) is 5.19. The normalized spacial score (nSPS) is 28.1. The highest BCUT2D eigenvalue weighted by Gasteiger charge is 2.51. The topological polar surface area (TPSA) is 102 Å². The Bertz CT molecular complexity index is 453. The van der Waals surface area contributed by atoms with Crippen LogP contribution in [-0.2, 0) is 28.8 Å². The van der Waals surface area contributed by atoms with Crippen LogP contribution < -0.4 is 0 Å². The third-order valence-corrected chi connectivity index (χ3v) is 3.87. The number of carbonyl (C=O) groups excluding carboxylic acids is 6. The molecule has 0 bridgehead atoms. The van der Waals surface area contributed by atoms with Gasteiger partial charge in [-0.2, -0.15) is 12.6 Å². The smallest absolute Gasteiger partial charge is 0.168 e. The summed E-state index contributed by atoms with van der Waals surface area (Å²) in [4.78, 5) is 69.1. The van der Waals surface area contributed by atoms with Crippen molar-refractivity contribution in [2.45, 2.75) is 13.3 Å². The molecule has 1 rings (SSSR count). The molecule has 0 amide bonds. The van der Waals surface area contributed by atoms with Crippen LogP contribution in [0.4, 0.5) is 0 Å². The summed E-state index contributed by atoms with van der Waals surface area (Å²) in [6.45, 7) is 1.71. The third-order valence-electron chi connectivity index (χ3n) is 3.25. The van der Waals surface area contributed by atoms with Crippen molar-refractivity contribution < 1.29 is 28.8 Å². The van der Waals surface area contributed by atoms with Gasteiger partial charge in [0.2, 0.25) is 0 Å². The zero-order valence-electron chi connectivity index (χ0n) is 10.8. The number of Topliss-reactive ketones (excluding diaryl/α,β-unsaturated/α-hetero) is 4. The van der Waals surface area contributed by atoms with Crippen LogP contribution in [0.25, 0.3) is 0 Å². The molecule has 3 atom stereocenters. The molecule has 0 saturated heterocycles. The van der Waals surface area contributed by atoms with E-state index in [0.29, 0.717) is 5.75 Å². The summed E-state index contributed by atoms with van der Waals surface area (Å²) in [6.07, 6.45) is 0.0862. The van der Waals surface area contributed by atoms with Gasteiger partial charge in [0.25, 0.3) is 0 Å². The molecule has 20 heavy (non-hydrogen) atoms. The molecule has 0 heterocycles. The molecule has 1 aliphatic rings. The zero-order valence-corrected chi connectivity index (χ0v) is 11.7. The van der Waals surface area contributed by atoms with Crippen LogP contribution >= 0.6 is 12.6 Å². The van der Waals surface area contributed by atoms with Gasteiger partial charge in [-0.25, -0.2) is 0 Å². The van der Waals surface area contributed by atoms with Crippen molar-refractivity contribution >= 4 is 48.3 Å². The molecule has 6 nitrogen and oxygen atoms in total. The highest BCUT2D eigenvalue weighted by atomic mass is 32.1. The minimum absolute atomic E-state index is 0.0724. The van der Waals surface area contributed by atoms with E-state index in [4.69, 9.17) is 0 Å². The van der Waals surface area contributed by atoms with Gasteiger partial charge in [0.05, 0.1) is 0 Å². The second kappa shape index (κ2) is 6.69. The predicted molar refractivity (Wildman–Crippen MR) is 70.3 cm³/mol. The minimum atomic E-state index is -1.71. The van der Waals surface area contributed by atoms with E-state index in [0.717, 1.165) is 0 Å². The fourth-order valence-corrected chi connectivity index (χ4v) is 2.21. The van der Waals surface area contributed by atoms with Crippen LogP contribution in [0.5, 0.6) is 0 Å². The van der Waals surface area contributed by atoms with Crippen molar-refractivity contribution in [3.05, 3.63) is 0 Å². The first-order chi connectivity index (χ1) is 9.38. The number of rotatable bonds is 6. The monoisotopic (exact) mass is 298 g/mol. The van der Waals surface area contributed by atoms with Crippen molar-refractivity contribution in [3.63, 3.8) is 0 Å². The van der Waals surface area contributed by atoms with Gasteiger partial charge in [0, 0.05) is 6.42 Å². The van der Waals surface area contributed by atoms with E-state index in [-0.39, 0.29) is 24.9 Å². The predicted octanol–water partition coefficient (Wildman–Crippen LogP) is -0.521. The van der Waals surface area contributed by atoms with Gasteiger partial charge in [-0.3, -0.25) is 19.2 Å². The lowest BCUT2D eigenvalue weighted by Crippen LogP contribution is -2.52. The molecule has 0 spiro atoms. The Balaban J connectivity index is 3.10. The van der Waals surface area contributed by atoms with Crippen LogP contribution in [0, 0.1) is 23.7 Å². The Morgan fingerprint density at radius 1 is 1.10 bits per heavy atom. The van der Waals surface area contributed by atoms with E-state index >= 15 is 0 Å². The zero-order chi connectivity index (χ0) is 15.4. The number of ketones is 4. The summed E-state index contributed by atoms with van der Waals surface area (Å²) in [6, 6.07) is 0. The molecule has 108 valence electrons. The first kappa shape index (κ1) is 16.4. The Labute approximate surface area is 120 Å². The fraction of sp³-hybridized carbons (Fsp3) is 0.538. The van der Waals surface area contributed by atoms with E-state index in [2.05, 4.69) is 12.6 Å². The molecule has 0 aromatic rings. The van der Waals surface area contributed by atoms with Crippen LogP contribution in [0.15, 0.2) is 0 Å². The molecule has 3 unspecified atom stereocenters. The Kier molecular flexibility index (Phi) is 5.50. The number of carbonyl (C=O) groups is 6. The minimum Gasteiger partial charge on any atom is -0.302 e. The first-order valence-electron chi connectivity index (χ1n) is 6.04. The van der Waals surface area contributed by atoms with E-state index < -0.39 is 40.9 Å². The van der Waals surface area contributed by atoms with Gasteiger partial charge in [0.15, 0.2) is 23.1 Å². The summed E-state index contributed by atoms with van der Waals surface area (Å²) in [5, 5.41) is 0. The summed E-state index contributed by atoms with van der Waals surface area (Å²) in [5.74, 6) is -8.65. The van der Waals surface area contributed by atoms with Gasteiger partial charge < -0.3 is 9.59 Å². The van der Waals surface area contributed by atoms with Gasteiger partial charge >= 0.3 is 0 Å². The van der Waals surface area contributed by atoms with Crippen molar-refractivity contribution in [3.8, 4) is 0 Å². The molecule has 7 heteroatoms. The lowest BCUT2D eigenvalue weighted by Gasteiger charge is -2.26. The summed E-state index contributed by atoms with van der Waals surface area (Å²) in [5.41, 5.74) is 0. The molecular weight excluding hydrogens is 284 g/mol. The van der Waals surface area contributed by atoms with Crippen molar-refractivity contribution in [2.24, 2.45) is 23.7 Å². The Morgan fingerprint density at radius 3 is 1.90 bits per heavy atom. The maximum atomic E-state index is 12.0. The Morgan fingerprint density at radius 2 is 1.55 bits per heavy atom. The van der Waals surface area contributed by atoms with Crippen LogP contribution in [-0.4, -0.2) is 41.5 Å². The van der Waals surface area contributed by atoms with Crippen LogP contribution in [0.2, 0.25) is 0 Å². The van der Waals surface area contributed by atoms with E-state index in [1.807, 2.05) is 0 Å². The standard InChI is InChI=1S/C13H14O6S/c1-6(5-20)2-9(16)10-12(18)7(3-14)11(17)8(4-15)13(10)19/h3-4,6-8,10,20H,2,5H2,1H3. The van der Waals surface area contributed by atoms with Gasteiger partial charge in [-0.1, -0.05) is 6.92 Å². The molecule has 1 fully saturated rings. The maximum absolute atomic E-state index is 12.0. The van der Waals surface area contributed by atoms with E-state index in [1.165, 1.54) is 0 Å². The second-order valence-electron chi connectivity index (χ2n) is 4.83. The van der Waals surface area contributed by atoms with Crippen molar-refractivity contribution in [1.82, 2.24) is 0 Å². The number of hydrogen-bond donors (Lipinski definition) is 1. The summed E-state index contributed by atoms with van der Waals surface area (Å²) < 4.78 is 0. The van der Waals surface area contributed by atoms with E-state index in [1.54, 1.807) is 6.92 Å². The summed E-state index contributed by atoms with van der Waals surface area (Å²) in [7, 11) is 0. The van der Waals surface area contributed by atoms with Gasteiger partial charge in [0.1, 0.15) is 30.3 Å². The first-order valence-corrected chi connectivity index (χ1v) is 6.67. The summed E-state index contributed by atoms with van der Waals surface area (Å²) >= 11 is 4.00. The molecular formula is C13H14O6S. The largest absolute Gasteiger partial charge is 0.302 e. The lowest BCUT2D eigenvalue weighted by molar-refractivity contribution is -0.153. The highest BCUT2D eigenvalue weighted by Crippen LogP contribution is 2.25. The Hall–Kier alpha value is -1.63. The molecule has 0 radical (unpaired) electrons. The van der Waals surface area contributed by atoms with E-state index in [9.17, 15) is 28.8 Å². The van der Waals surface area contributed by atoms with Crippen molar-refractivity contribution in [1.29, 1.82) is 0 Å². The molecule has 0 N–H and O–H groups in total. The number of hydrogen-bond acceptors (Lipinski definition) is 7.